The van der Waals surface area contributed by atoms with Crippen molar-refractivity contribution >= 4 is 21.7 Å². The quantitative estimate of drug-likeness (QED) is 0.760. The molecular weight excluding hydrogens is 292 g/mol. The lowest BCUT2D eigenvalue weighted by Gasteiger charge is -2.21. The number of nitrogens with one attached hydrogen (secondary N) is 1. The third kappa shape index (κ3) is 5.02. The highest BCUT2D eigenvalue weighted by atomic mass is 32.2. The van der Waals surface area contributed by atoms with Gasteiger partial charge in [0.15, 0.2) is 0 Å². The van der Waals surface area contributed by atoms with E-state index in [1.165, 1.54) is 12.1 Å². The van der Waals surface area contributed by atoms with Gasteiger partial charge in [0.2, 0.25) is 10.0 Å². The summed E-state index contributed by atoms with van der Waals surface area (Å²) in [6.07, 6.45) is 0.729. The second kappa shape index (κ2) is 7.42. The molecule has 2 N–H and O–H groups in total. The van der Waals surface area contributed by atoms with E-state index in [0.717, 1.165) is 12.1 Å². The molecule has 1 unspecified atom stereocenters. The first kappa shape index (κ1) is 17.5. The zero-order valence-corrected chi connectivity index (χ0v) is 13.4. The van der Waals surface area contributed by atoms with E-state index in [1.54, 1.807) is 31.0 Å². The van der Waals surface area contributed by atoms with E-state index < -0.39 is 21.9 Å². The Labute approximate surface area is 125 Å². The minimum absolute atomic E-state index is 0.208. The molecule has 0 amide bonds. The Kier molecular flexibility index (Phi) is 6.17. The van der Waals surface area contributed by atoms with Crippen LogP contribution in [-0.4, -0.2) is 39.6 Å². The molecule has 0 aliphatic carbocycles. The zero-order valence-electron chi connectivity index (χ0n) is 12.5. The molecule has 21 heavy (non-hydrogen) atoms. The van der Waals surface area contributed by atoms with Crippen LogP contribution in [0.15, 0.2) is 29.2 Å². The van der Waals surface area contributed by atoms with Crippen LogP contribution in [0.25, 0.3) is 0 Å². The van der Waals surface area contributed by atoms with Gasteiger partial charge in [-0.1, -0.05) is 13.8 Å². The van der Waals surface area contributed by atoms with Crippen molar-refractivity contribution in [2.24, 2.45) is 5.92 Å². The summed E-state index contributed by atoms with van der Waals surface area (Å²) in [5, 5.41) is 8.90. The van der Waals surface area contributed by atoms with E-state index in [1.807, 2.05) is 6.92 Å². The lowest BCUT2D eigenvalue weighted by atomic mass is 10.1. The molecule has 0 spiro atoms. The number of aliphatic carboxylic acids is 1. The lowest BCUT2D eigenvalue weighted by Crippen LogP contribution is -2.28. The van der Waals surface area contributed by atoms with Gasteiger partial charge in [-0.2, -0.15) is 0 Å². The molecule has 0 aliphatic rings. The Hall–Kier alpha value is -1.60. The molecule has 1 aromatic carbocycles. The molecule has 1 atom stereocenters. The second-order valence-electron chi connectivity index (χ2n) is 5.01. The van der Waals surface area contributed by atoms with Crippen molar-refractivity contribution in [3.05, 3.63) is 24.3 Å². The monoisotopic (exact) mass is 314 g/mol. The Morgan fingerprint density at radius 3 is 2.38 bits per heavy atom. The molecule has 1 rings (SSSR count). The summed E-state index contributed by atoms with van der Waals surface area (Å²) >= 11 is 0. The number of hydrogen-bond acceptors (Lipinski definition) is 4. The maximum atomic E-state index is 11.9. The molecule has 0 fully saturated rings. The van der Waals surface area contributed by atoms with Gasteiger partial charge >= 0.3 is 5.97 Å². The van der Waals surface area contributed by atoms with E-state index in [0.29, 0.717) is 13.1 Å². The predicted octanol–water partition coefficient (Wildman–Crippen LogP) is 1.53. The smallest absolute Gasteiger partial charge is 0.308 e. The van der Waals surface area contributed by atoms with Crippen molar-refractivity contribution in [1.29, 1.82) is 0 Å². The fourth-order valence-corrected chi connectivity index (χ4v) is 2.93. The van der Waals surface area contributed by atoms with Crippen LogP contribution in [0.2, 0.25) is 0 Å². The normalized spacial score (nSPS) is 12.9. The average molecular weight is 314 g/mol. The lowest BCUT2D eigenvalue weighted by molar-refractivity contribution is -0.140. The van der Waals surface area contributed by atoms with E-state index in [2.05, 4.69) is 4.72 Å². The van der Waals surface area contributed by atoms with Crippen molar-refractivity contribution in [1.82, 2.24) is 4.72 Å². The Morgan fingerprint density at radius 2 is 1.90 bits per heavy atom. The number of rotatable bonds is 8. The minimum atomic E-state index is -3.46. The third-order valence-corrected chi connectivity index (χ3v) is 4.58. The van der Waals surface area contributed by atoms with Gasteiger partial charge in [0, 0.05) is 25.8 Å². The molecule has 0 radical (unpaired) electrons. The molecule has 0 saturated carbocycles. The van der Waals surface area contributed by atoms with Crippen LogP contribution in [0.4, 0.5) is 5.69 Å². The van der Waals surface area contributed by atoms with Crippen LogP contribution in [0.1, 0.15) is 20.3 Å². The predicted molar refractivity (Wildman–Crippen MR) is 82.0 cm³/mol. The van der Waals surface area contributed by atoms with Gasteiger partial charge < -0.3 is 10.0 Å². The maximum Gasteiger partial charge on any atom is 0.308 e. The minimum Gasteiger partial charge on any atom is -0.481 e. The molecule has 0 aromatic heterocycles. The van der Waals surface area contributed by atoms with Crippen molar-refractivity contribution in [2.75, 3.05) is 25.0 Å². The van der Waals surface area contributed by atoms with Crippen molar-refractivity contribution in [2.45, 2.75) is 25.2 Å². The van der Waals surface area contributed by atoms with Crippen LogP contribution in [-0.2, 0) is 14.8 Å². The summed E-state index contributed by atoms with van der Waals surface area (Å²) in [5.74, 6) is -1.35. The van der Waals surface area contributed by atoms with E-state index in [9.17, 15) is 13.2 Å². The summed E-state index contributed by atoms with van der Waals surface area (Å²) in [4.78, 5) is 12.8. The Balaban J connectivity index is 2.80. The Morgan fingerprint density at radius 1 is 1.33 bits per heavy atom. The summed E-state index contributed by atoms with van der Waals surface area (Å²) in [7, 11) is -1.69. The number of benzene rings is 1. The van der Waals surface area contributed by atoms with E-state index >= 15 is 0 Å². The molecule has 0 bridgehead atoms. The first-order valence-corrected chi connectivity index (χ1v) is 8.30. The molecule has 7 heteroatoms. The molecular formula is C14H22N2O4S. The van der Waals surface area contributed by atoms with Gasteiger partial charge in [0.1, 0.15) is 0 Å². The SMILES string of the molecule is CCCNS(=O)(=O)c1ccc(N(C)CC(C)C(=O)O)cc1. The van der Waals surface area contributed by atoms with Crippen molar-refractivity contribution in [3.63, 3.8) is 0 Å². The van der Waals surface area contributed by atoms with Gasteiger partial charge in [-0.05, 0) is 30.7 Å². The number of carboxylic acids is 1. The standard InChI is InChI=1S/C14H22N2O4S/c1-4-9-15-21(19,20)13-7-5-12(6-8-13)16(3)10-11(2)14(17)18/h5-8,11,15H,4,9-10H2,1-3H3,(H,17,18). The molecule has 1 aromatic rings. The first-order valence-electron chi connectivity index (χ1n) is 6.81. The number of hydrogen-bond donors (Lipinski definition) is 2. The van der Waals surface area contributed by atoms with Crippen molar-refractivity contribution in [3.8, 4) is 0 Å². The highest BCUT2D eigenvalue weighted by molar-refractivity contribution is 7.89. The zero-order chi connectivity index (χ0) is 16.0. The van der Waals surface area contributed by atoms with Gasteiger partial charge in [-0.15, -0.1) is 0 Å². The molecule has 0 saturated heterocycles. The summed E-state index contributed by atoms with van der Waals surface area (Å²) in [5.41, 5.74) is 0.776. The van der Waals surface area contributed by atoms with Crippen LogP contribution < -0.4 is 9.62 Å². The number of nitrogens with zero attached hydrogens (tertiary/aromatic N) is 1. The summed E-state index contributed by atoms with van der Waals surface area (Å²) in [6.45, 7) is 4.28. The summed E-state index contributed by atoms with van der Waals surface area (Å²) < 4.78 is 26.4. The molecule has 0 heterocycles. The maximum absolute atomic E-state index is 11.9. The van der Waals surface area contributed by atoms with Crippen LogP contribution in [0, 0.1) is 5.92 Å². The molecule has 0 aliphatic heterocycles. The average Bonchev–Trinajstić information content (AvgIpc) is 2.45. The number of sulfonamides is 1. The van der Waals surface area contributed by atoms with Gasteiger partial charge in [-0.25, -0.2) is 13.1 Å². The van der Waals surface area contributed by atoms with Crippen LogP contribution >= 0.6 is 0 Å². The fraction of sp³-hybridized carbons (Fsp3) is 0.500. The highest BCUT2D eigenvalue weighted by Gasteiger charge is 2.16. The van der Waals surface area contributed by atoms with E-state index in [4.69, 9.17) is 5.11 Å². The molecule has 6 nitrogen and oxygen atoms in total. The van der Waals surface area contributed by atoms with Gasteiger partial charge in [-0.3, -0.25) is 4.79 Å². The number of anilines is 1. The number of carbonyl (C=O) groups is 1. The van der Waals surface area contributed by atoms with Gasteiger partial charge in [0.25, 0.3) is 0 Å². The van der Waals surface area contributed by atoms with Crippen LogP contribution in [0.5, 0.6) is 0 Å². The first-order chi connectivity index (χ1) is 9.77. The topological polar surface area (TPSA) is 86.7 Å². The highest BCUT2D eigenvalue weighted by Crippen LogP contribution is 2.18. The third-order valence-electron chi connectivity index (χ3n) is 3.10. The fourth-order valence-electron chi connectivity index (χ4n) is 1.79. The summed E-state index contributed by atoms with van der Waals surface area (Å²) in [6, 6.07) is 6.40. The Bertz CT molecular complexity index is 569. The van der Waals surface area contributed by atoms with Crippen molar-refractivity contribution < 1.29 is 18.3 Å². The van der Waals surface area contributed by atoms with Crippen LogP contribution in [0.3, 0.4) is 0 Å². The second-order valence-corrected chi connectivity index (χ2v) is 6.78. The molecule has 118 valence electrons. The van der Waals surface area contributed by atoms with E-state index in [-0.39, 0.29) is 4.90 Å². The largest absolute Gasteiger partial charge is 0.481 e. The van der Waals surface area contributed by atoms with Gasteiger partial charge in [0.05, 0.1) is 10.8 Å². The number of carboxylic acid groups (broad SMARTS) is 1.